The topological polar surface area (TPSA) is 50.5 Å². The maximum atomic E-state index is 5.91. The number of morpholine rings is 1. The van der Waals surface area contributed by atoms with Gasteiger partial charge in [0.15, 0.2) is 0 Å². The monoisotopic (exact) mass is 291 g/mol. The third kappa shape index (κ3) is 3.83. The molecule has 118 valence electrons. The second-order valence-electron chi connectivity index (χ2n) is 6.35. The van der Waals surface area contributed by atoms with Crippen LogP contribution in [-0.2, 0) is 11.2 Å². The zero-order valence-corrected chi connectivity index (χ0v) is 13.6. The zero-order valence-electron chi connectivity index (χ0n) is 13.6. The summed E-state index contributed by atoms with van der Waals surface area (Å²) in [6.45, 7) is 10.3. The Morgan fingerprint density at radius 2 is 2.05 bits per heavy atom. The predicted molar refractivity (Wildman–Crippen MR) is 87.0 cm³/mol. The molecule has 0 radical (unpaired) electrons. The van der Waals surface area contributed by atoms with E-state index in [2.05, 4.69) is 55.4 Å². The molecule has 0 aliphatic carbocycles. The van der Waals surface area contributed by atoms with Gasteiger partial charge in [-0.1, -0.05) is 37.6 Å². The highest BCUT2D eigenvalue weighted by Crippen LogP contribution is 2.31. The minimum Gasteiger partial charge on any atom is -0.379 e. The second kappa shape index (κ2) is 7.36. The van der Waals surface area contributed by atoms with Gasteiger partial charge in [0.25, 0.3) is 0 Å². The molecule has 0 bridgehead atoms. The van der Waals surface area contributed by atoms with Gasteiger partial charge in [0.1, 0.15) is 0 Å². The Kier molecular flexibility index (Phi) is 5.76. The third-order valence-electron chi connectivity index (χ3n) is 4.52. The summed E-state index contributed by atoms with van der Waals surface area (Å²) in [5, 5.41) is 0. The van der Waals surface area contributed by atoms with E-state index in [4.69, 9.17) is 10.6 Å². The molecule has 4 heteroatoms. The summed E-state index contributed by atoms with van der Waals surface area (Å²) in [6.07, 6.45) is 2.28. The van der Waals surface area contributed by atoms with Gasteiger partial charge in [0, 0.05) is 18.6 Å². The van der Waals surface area contributed by atoms with E-state index in [0.29, 0.717) is 0 Å². The van der Waals surface area contributed by atoms with Gasteiger partial charge in [-0.15, -0.1) is 0 Å². The first-order valence-electron chi connectivity index (χ1n) is 7.97. The molecule has 1 aliphatic rings. The molecular weight excluding hydrogens is 262 g/mol. The van der Waals surface area contributed by atoms with Crippen LogP contribution in [0.25, 0.3) is 0 Å². The van der Waals surface area contributed by atoms with Crippen LogP contribution in [0.4, 0.5) is 0 Å². The molecule has 0 amide bonds. The minimum atomic E-state index is -0.0522. The van der Waals surface area contributed by atoms with Crippen LogP contribution in [0.3, 0.4) is 0 Å². The Morgan fingerprint density at radius 1 is 1.33 bits per heavy atom. The SMILES string of the molecule is CCCc1cccc(C(NN)C(C)(C)N2CCOCC2)c1. The average molecular weight is 291 g/mol. The molecule has 1 saturated heterocycles. The molecule has 21 heavy (non-hydrogen) atoms. The quantitative estimate of drug-likeness (QED) is 0.623. The van der Waals surface area contributed by atoms with E-state index in [1.807, 2.05) is 0 Å². The predicted octanol–water partition coefficient (Wildman–Crippen LogP) is 2.25. The number of rotatable bonds is 6. The Bertz CT molecular complexity index is 441. The van der Waals surface area contributed by atoms with Gasteiger partial charge in [-0.05, 0) is 31.4 Å². The number of hydrazine groups is 1. The molecule has 1 heterocycles. The molecule has 0 aromatic heterocycles. The molecule has 4 nitrogen and oxygen atoms in total. The lowest BCUT2D eigenvalue weighted by Gasteiger charge is -2.45. The number of benzene rings is 1. The van der Waals surface area contributed by atoms with E-state index in [1.54, 1.807) is 0 Å². The van der Waals surface area contributed by atoms with Crippen LogP contribution in [0, 0.1) is 0 Å². The largest absolute Gasteiger partial charge is 0.379 e. The summed E-state index contributed by atoms with van der Waals surface area (Å²) in [5.74, 6) is 5.91. The van der Waals surface area contributed by atoms with Crippen molar-refractivity contribution in [3.8, 4) is 0 Å². The Labute approximate surface area is 128 Å². The van der Waals surface area contributed by atoms with Gasteiger partial charge >= 0.3 is 0 Å². The highest BCUT2D eigenvalue weighted by atomic mass is 16.5. The molecule has 0 spiro atoms. The van der Waals surface area contributed by atoms with Crippen molar-refractivity contribution < 1.29 is 4.74 Å². The van der Waals surface area contributed by atoms with Crippen molar-refractivity contribution in [2.45, 2.75) is 45.2 Å². The number of hydrogen-bond donors (Lipinski definition) is 2. The Morgan fingerprint density at radius 3 is 2.67 bits per heavy atom. The summed E-state index contributed by atoms with van der Waals surface area (Å²) >= 11 is 0. The fourth-order valence-electron chi connectivity index (χ4n) is 3.25. The van der Waals surface area contributed by atoms with E-state index in [0.717, 1.165) is 39.1 Å². The normalized spacial score (nSPS) is 18.7. The van der Waals surface area contributed by atoms with Crippen LogP contribution >= 0.6 is 0 Å². The maximum Gasteiger partial charge on any atom is 0.0638 e. The first-order chi connectivity index (χ1) is 10.1. The second-order valence-corrected chi connectivity index (χ2v) is 6.35. The smallest absolute Gasteiger partial charge is 0.0638 e. The number of nitrogens with zero attached hydrogens (tertiary/aromatic N) is 1. The average Bonchev–Trinajstić information content (AvgIpc) is 2.49. The number of nitrogens with one attached hydrogen (secondary N) is 1. The van der Waals surface area contributed by atoms with Crippen LogP contribution in [0.15, 0.2) is 24.3 Å². The van der Waals surface area contributed by atoms with Crippen LogP contribution in [0.1, 0.15) is 44.4 Å². The lowest BCUT2D eigenvalue weighted by molar-refractivity contribution is -0.0238. The van der Waals surface area contributed by atoms with Gasteiger partial charge in [-0.2, -0.15) is 0 Å². The third-order valence-corrected chi connectivity index (χ3v) is 4.52. The zero-order chi connectivity index (χ0) is 15.3. The minimum absolute atomic E-state index is 0.0522. The van der Waals surface area contributed by atoms with Gasteiger partial charge in [-0.3, -0.25) is 16.2 Å². The van der Waals surface area contributed by atoms with Crippen molar-refractivity contribution in [2.24, 2.45) is 5.84 Å². The Balaban J connectivity index is 2.22. The van der Waals surface area contributed by atoms with Crippen molar-refractivity contribution in [3.63, 3.8) is 0 Å². The number of ether oxygens (including phenoxy) is 1. The van der Waals surface area contributed by atoms with Crippen molar-refractivity contribution in [3.05, 3.63) is 35.4 Å². The van der Waals surface area contributed by atoms with E-state index in [9.17, 15) is 0 Å². The molecule has 0 saturated carbocycles. The Hall–Kier alpha value is -0.940. The number of nitrogens with two attached hydrogens (primary N) is 1. The van der Waals surface area contributed by atoms with Crippen LogP contribution in [-0.4, -0.2) is 36.7 Å². The lowest BCUT2D eigenvalue weighted by atomic mass is 9.86. The van der Waals surface area contributed by atoms with Gasteiger partial charge in [0.05, 0.1) is 19.3 Å². The summed E-state index contributed by atoms with van der Waals surface area (Å²) in [7, 11) is 0. The highest BCUT2D eigenvalue weighted by Gasteiger charge is 2.36. The fraction of sp³-hybridized carbons (Fsp3) is 0.647. The standard InChI is InChI=1S/C17H29N3O/c1-4-6-14-7-5-8-15(13-14)16(19-18)17(2,3)20-9-11-21-12-10-20/h5,7-8,13,16,19H,4,6,9-12,18H2,1-3H3. The molecule has 1 atom stereocenters. The molecule has 1 unspecified atom stereocenters. The van der Waals surface area contributed by atoms with E-state index in [1.165, 1.54) is 11.1 Å². The highest BCUT2D eigenvalue weighted by molar-refractivity contribution is 5.28. The summed E-state index contributed by atoms with van der Waals surface area (Å²) < 4.78 is 5.47. The van der Waals surface area contributed by atoms with Gasteiger partial charge in [-0.25, -0.2) is 0 Å². The van der Waals surface area contributed by atoms with E-state index in [-0.39, 0.29) is 11.6 Å². The number of hydrogen-bond acceptors (Lipinski definition) is 4. The van der Waals surface area contributed by atoms with Gasteiger partial charge < -0.3 is 4.74 Å². The van der Waals surface area contributed by atoms with Gasteiger partial charge in [0.2, 0.25) is 0 Å². The molecule has 1 aromatic rings. The fourth-order valence-corrected chi connectivity index (χ4v) is 3.25. The van der Waals surface area contributed by atoms with Crippen molar-refractivity contribution in [1.82, 2.24) is 10.3 Å². The molecular formula is C17H29N3O. The summed E-state index contributed by atoms with van der Waals surface area (Å²) in [4.78, 5) is 2.47. The summed E-state index contributed by atoms with van der Waals surface area (Å²) in [6, 6.07) is 8.90. The maximum absolute atomic E-state index is 5.91. The number of aryl methyl sites for hydroxylation is 1. The first kappa shape index (κ1) is 16.4. The summed E-state index contributed by atoms with van der Waals surface area (Å²) in [5.41, 5.74) is 5.64. The van der Waals surface area contributed by atoms with Crippen LogP contribution in [0.2, 0.25) is 0 Å². The molecule has 1 aromatic carbocycles. The van der Waals surface area contributed by atoms with E-state index >= 15 is 0 Å². The van der Waals surface area contributed by atoms with Crippen molar-refractivity contribution in [2.75, 3.05) is 26.3 Å². The van der Waals surface area contributed by atoms with Crippen molar-refractivity contribution >= 4 is 0 Å². The molecule has 1 fully saturated rings. The van der Waals surface area contributed by atoms with Crippen LogP contribution < -0.4 is 11.3 Å². The van der Waals surface area contributed by atoms with E-state index < -0.39 is 0 Å². The molecule has 2 rings (SSSR count). The molecule has 3 N–H and O–H groups in total. The van der Waals surface area contributed by atoms with Crippen molar-refractivity contribution in [1.29, 1.82) is 0 Å². The van der Waals surface area contributed by atoms with Crippen LogP contribution in [0.5, 0.6) is 0 Å². The first-order valence-corrected chi connectivity index (χ1v) is 7.97. The lowest BCUT2D eigenvalue weighted by Crippen LogP contribution is -2.57. The molecule has 1 aliphatic heterocycles.